The number of hydrogen-bond acceptors (Lipinski definition) is 8. The molecular formula is C15H14N6O4. The maximum atomic E-state index is 11.4. The molecule has 4 rings (SSSR count). The molecular weight excluding hydrogens is 328 g/mol. The lowest BCUT2D eigenvalue weighted by molar-refractivity contribution is -0.384. The Morgan fingerprint density at radius 1 is 0.800 bits per heavy atom. The Morgan fingerprint density at radius 2 is 1.20 bits per heavy atom. The Morgan fingerprint density at radius 3 is 1.56 bits per heavy atom. The van der Waals surface area contributed by atoms with Gasteiger partial charge in [0.1, 0.15) is 11.4 Å². The van der Waals surface area contributed by atoms with E-state index in [1.165, 1.54) is 12.1 Å². The molecule has 0 aliphatic carbocycles. The minimum absolute atomic E-state index is 0.0588. The van der Waals surface area contributed by atoms with Crippen LogP contribution in [-0.2, 0) is 13.1 Å². The third kappa shape index (κ3) is 2.18. The van der Waals surface area contributed by atoms with Crippen molar-refractivity contribution in [3.8, 4) is 0 Å². The normalized spacial score (nSPS) is 14.7. The molecule has 2 heterocycles. The molecule has 2 aliphatic heterocycles. The number of benzene rings is 2. The van der Waals surface area contributed by atoms with E-state index in [1.54, 1.807) is 12.1 Å². The highest BCUT2D eigenvalue weighted by atomic mass is 16.6. The first-order valence-corrected chi connectivity index (χ1v) is 7.48. The zero-order valence-corrected chi connectivity index (χ0v) is 13.0. The van der Waals surface area contributed by atoms with Crippen LogP contribution in [0.1, 0.15) is 11.1 Å². The summed E-state index contributed by atoms with van der Waals surface area (Å²) in [6, 6.07) is 6.03. The van der Waals surface area contributed by atoms with Crippen molar-refractivity contribution in [2.75, 3.05) is 27.9 Å². The van der Waals surface area contributed by atoms with Crippen LogP contribution < -0.4 is 21.3 Å². The second-order valence-corrected chi connectivity index (χ2v) is 6.15. The molecule has 128 valence electrons. The molecule has 0 amide bonds. The smallest absolute Gasteiger partial charge is 0.295 e. The number of nitro groups is 2. The third-order valence-electron chi connectivity index (χ3n) is 4.47. The van der Waals surface area contributed by atoms with E-state index in [2.05, 4.69) is 0 Å². The molecule has 0 spiro atoms. The molecule has 4 N–H and O–H groups in total. The number of anilines is 4. The first kappa shape index (κ1) is 15.0. The van der Waals surface area contributed by atoms with Gasteiger partial charge in [0.2, 0.25) is 0 Å². The summed E-state index contributed by atoms with van der Waals surface area (Å²) in [5.41, 5.74) is 14.4. The van der Waals surface area contributed by atoms with Crippen LogP contribution in [0.25, 0.3) is 0 Å². The average Bonchev–Trinajstić information content (AvgIpc) is 2.52. The van der Waals surface area contributed by atoms with Crippen LogP contribution in [0.4, 0.5) is 34.1 Å². The van der Waals surface area contributed by atoms with Gasteiger partial charge < -0.3 is 21.3 Å². The quantitative estimate of drug-likeness (QED) is 0.478. The second-order valence-electron chi connectivity index (χ2n) is 6.15. The summed E-state index contributed by atoms with van der Waals surface area (Å²) in [5, 5.41) is 22.9. The van der Waals surface area contributed by atoms with Crippen molar-refractivity contribution < 1.29 is 9.85 Å². The average molecular weight is 342 g/mol. The SMILES string of the molecule is Nc1cc2c(c([N+](=O)[O-])c1)N1Cc3cc(N)cc([N+](=O)[O-])c3N(C2)C1. The molecule has 0 atom stereocenters. The van der Waals surface area contributed by atoms with Crippen molar-refractivity contribution in [3.05, 3.63) is 55.6 Å². The zero-order valence-electron chi connectivity index (χ0n) is 13.0. The van der Waals surface area contributed by atoms with E-state index < -0.39 is 9.85 Å². The van der Waals surface area contributed by atoms with Crippen molar-refractivity contribution >= 4 is 34.1 Å². The molecule has 0 fully saturated rings. The zero-order chi connectivity index (χ0) is 17.9. The minimum atomic E-state index is -0.456. The van der Waals surface area contributed by atoms with E-state index in [4.69, 9.17) is 11.5 Å². The minimum Gasteiger partial charge on any atom is -0.399 e. The van der Waals surface area contributed by atoms with Gasteiger partial charge in [-0.05, 0) is 12.1 Å². The van der Waals surface area contributed by atoms with E-state index in [9.17, 15) is 20.2 Å². The third-order valence-corrected chi connectivity index (χ3v) is 4.47. The molecule has 10 heteroatoms. The summed E-state index contributed by atoms with van der Waals surface area (Å²) < 4.78 is 0. The van der Waals surface area contributed by atoms with Crippen LogP contribution in [-0.4, -0.2) is 16.5 Å². The van der Waals surface area contributed by atoms with Crippen LogP contribution >= 0.6 is 0 Å². The van der Waals surface area contributed by atoms with E-state index in [1.807, 2.05) is 9.80 Å². The van der Waals surface area contributed by atoms with Gasteiger partial charge in [-0.1, -0.05) is 0 Å². The number of fused-ring (bicyclic) bond motifs is 6. The molecule has 2 aliphatic rings. The molecule has 0 aromatic heterocycles. The predicted molar refractivity (Wildman–Crippen MR) is 92.3 cm³/mol. The number of nitro benzene ring substituents is 2. The largest absolute Gasteiger partial charge is 0.399 e. The maximum absolute atomic E-state index is 11.4. The van der Waals surface area contributed by atoms with Crippen molar-refractivity contribution in [1.82, 2.24) is 0 Å². The molecule has 2 aromatic rings. The van der Waals surface area contributed by atoms with Crippen molar-refractivity contribution in [2.45, 2.75) is 13.1 Å². The highest BCUT2D eigenvalue weighted by molar-refractivity contribution is 5.81. The van der Waals surface area contributed by atoms with Gasteiger partial charge in [0.25, 0.3) is 11.4 Å². The number of hydrogen-bond donors (Lipinski definition) is 2. The van der Waals surface area contributed by atoms with Gasteiger partial charge in [0.05, 0.1) is 16.5 Å². The van der Waals surface area contributed by atoms with Crippen LogP contribution in [0.2, 0.25) is 0 Å². The van der Waals surface area contributed by atoms with Crippen LogP contribution in [0.5, 0.6) is 0 Å². The molecule has 0 unspecified atom stereocenters. The van der Waals surface area contributed by atoms with E-state index in [0.29, 0.717) is 53.6 Å². The number of rotatable bonds is 2. The lowest BCUT2D eigenvalue weighted by Crippen LogP contribution is -2.46. The first-order valence-electron chi connectivity index (χ1n) is 7.48. The number of nitrogens with two attached hydrogens (primary N) is 2. The Labute approximate surface area is 141 Å². The summed E-state index contributed by atoms with van der Waals surface area (Å²) in [4.78, 5) is 25.6. The fourth-order valence-corrected chi connectivity index (χ4v) is 3.67. The summed E-state index contributed by atoms with van der Waals surface area (Å²) in [6.07, 6.45) is 0. The molecule has 0 saturated heterocycles. The standard InChI is InChI=1S/C15H14N6O4/c16-10-1-8-5-18-7-19(14(8)12(3-10)20(22)23)6-9-2-11(17)4-13(15(9)18)21(24)25/h1-4H,5-7,16-17H2. The van der Waals surface area contributed by atoms with Gasteiger partial charge in [-0.25, -0.2) is 0 Å². The number of nitrogen functional groups attached to an aromatic ring is 2. The van der Waals surface area contributed by atoms with E-state index in [-0.39, 0.29) is 11.4 Å². The lowest BCUT2D eigenvalue weighted by Gasteiger charge is -2.43. The van der Waals surface area contributed by atoms with Gasteiger partial charge in [0, 0.05) is 47.7 Å². The molecule has 10 nitrogen and oxygen atoms in total. The van der Waals surface area contributed by atoms with E-state index in [0.717, 1.165) is 0 Å². The van der Waals surface area contributed by atoms with Crippen LogP contribution in [0.15, 0.2) is 24.3 Å². The Hall–Kier alpha value is -3.56. The van der Waals surface area contributed by atoms with E-state index >= 15 is 0 Å². The van der Waals surface area contributed by atoms with Gasteiger partial charge in [-0.15, -0.1) is 0 Å². The van der Waals surface area contributed by atoms with Gasteiger partial charge in [-0.3, -0.25) is 20.2 Å². The molecule has 25 heavy (non-hydrogen) atoms. The Kier molecular flexibility index (Phi) is 2.98. The summed E-state index contributed by atoms with van der Waals surface area (Å²) in [6.45, 7) is 0.931. The molecule has 0 saturated carbocycles. The van der Waals surface area contributed by atoms with Gasteiger partial charge >= 0.3 is 0 Å². The molecule has 2 aromatic carbocycles. The number of nitrogens with zero attached hydrogens (tertiary/aromatic N) is 4. The fraction of sp³-hybridized carbons (Fsp3) is 0.200. The molecule has 2 bridgehead atoms. The van der Waals surface area contributed by atoms with Gasteiger partial charge in [-0.2, -0.15) is 0 Å². The maximum Gasteiger partial charge on any atom is 0.295 e. The Balaban J connectivity index is 1.91. The lowest BCUT2D eigenvalue weighted by atomic mass is 9.99. The summed E-state index contributed by atoms with van der Waals surface area (Å²) >= 11 is 0. The monoisotopic (exact) mass is 342 g/mol. The van der Waals surface area contributed by atoms with Crippen LogP contribution in [0, 0.1) is 20.2 Å². The highest BCUT2D eigenvalue weighted by Crippen LogP contribution is 2.46. The topological polar surface area (TPSA) is 145 Å². The predicted octanol–water partition coefficient (Wildman–Crippen LogP) is 1.97. The van der Waals surface area contributed by atoms with Crippen LogP contribution in [0.3, 0.4) is 0 Å². The Bertz CT molecular complexity index is 869. The first-order chi connectivity index (χ1) is 11.8. The summed E-state index contributed by atoms with van der Waals surface area (Å²) in [7, 11) is 0. The van der Waals surface area contributed by atoms with Crippen molar-refractivity contribution in [3.63, 3.8) is 0 Å². The highest BCUT2D eigenvalue weighted by Gasteiger charge is 2.38. The van der Waals surface area contributed by atoms with Crippen molar-refractivity contribution in [2.24, 2.45) is 0 Å². The fourth-order valence-electron chi connectivity index (χ4n) is 3.67. The molecule has 0 radical (unpaired) electrons. The van der Waals surface area contributed by atoms with Gasteiger partial charge in [0.15, 0.2) is 0 Å². The summed E-state index contributed by atoms with van der Waals surface area (Å²) in [5.74, 6) is 0. The second kappa shape index (κ2) is 4.97. The van der Waals surface area contributed by atoms with Crippen molar-refractivity contribution in [1.29, 1.82) is 0 Å².